The van der Waals surface area contributed by atoms with Gasteiger partial charge < -0.3 is 10.1 Å². The van der Waals surface area contributed by atoms with Gasteiger partial charge in [-0.3, -0.25) is 14.6 Å². The number of rotatable bonds is 3. The highest BCUT2D eigenvalue weighted by Crippen LogP contribution is 2.22. The third kappa shape index (κ3) is 2.44. The number of carboxylic acids is 1. The lowest BCUT2D eigenvalue weighted by Gasteiger charge is -2.14. The van der Waals surface area contributed by atoms with E-state index in [0.29, 0.717) is 0 Å². The summed E-state index contributed by atoms with van der Waals surface area (Å²) in [5.41, 5.74) is -1.84. The van der Waals surface area contributed by atoms with Crippen LogP contribution in [0.2, 0.25) is 0 Å². The van der Waals surface area contributed by atoms with E-state index in [1.807, 2.05) is 4.98 Å². The summed E-state index contributed by atoms with van der Waals surface area (Å²) in [6.07, 6.45) is 1.00. The van der Waals surface area contributed by atoms with Gasteiger partial charge in [-0.15, -0.1) is 0 Å². The Balaban J connectivity index is 2.36. The number of carbonyl (C=O) groups is 1. The van der Waals surface area contributed by atoms with Crippen molar-refractivity contribution in [3.05, 3.63) is 27.0 Å². The lowest BCUT2D eigenvalue weighted by molar-refractivity contribution is -0.141. The number of carboxylic acid groups (broad SMARTS) is 1. The Labute approximate surface area is 106 Å². The highest BCUT2D eigenvalue weighted by Gasteiger charge is 2.37. The molecular formula is C9H11N3O6S. The van der Waals surface area contributed by atoms with Gasteiger partial charge in [0.2, 0.25) is 10.0 Å². The summed E-state index contributed by atoms with van der Waals surface area (Å²) in [4.78, 5) is 36.4. The SMILES string of the molecule is O=C(O)C1CCN(S(=O)(=O)c2c[nH]c(=O)[nH]c2=O)C1. The molecule has 0 aromatic carbocycles. The van der Waals surface area contributed by atoms with Gasteiger partial charge in [-0.1, -0.05) is 0 Å². The summed E-state index contributed by atoms with van der Waals surface area (Å²) in [5.74, 6) is -1.86. The number of hydrogen-bond acceptors (Lipinski definition) is 5. The smallest absolute Gasteiger partial charge is 0.325 e. The lowest BCUT2D eigenvalue weighted by Crippen LogP contribution is -2.35. The van der Waals surface area contributed by atoms with E-state index >= 15 is 0 Å². The Bertz CT molecular complexity index is 718. The zero-order chi connectivity index (χ0) is 14.2. The number of nitrogens with one attached hydrogen (secondary N) is 2. The van der Waals surface area contributed by atoms with E-state index in [4.69, 9.17) is 5.11 Å². The van der Waals surface area contributed by atoms with Crippen molar-refractivity contribution in [1.29, 1.82) is 0 Å². The van der Waals surface area contributed by atoms with Crippen LogP contribution in [-0.2, 0) is 14.8 Å². The first kappa shape index (κ1) is 13.5. The van der Waals surface area contributed by atoms with Gasteiger partial charge in [0.25, 0.3) is 5.56 Å². The highest BCUT2D eigenvalue weighted by molar-refractivity contribution is 7.89. The van der Waals surface area contributed by atoms with Crippen LogP contribution in [0.25, 0.3) is 0 Å². The van der Waals surface area contributed by atoms with Crippen molar-refractivity contribution in [2.24, 2.45) is 5.92 Å². The number of sulfonamides is 1. The molecule has 0 spiro atoms. The van der Waals surface area contributed by atoms with Gasteiger partial charge in [0, 0.05) is 19.3 Å². The molecule has 3 N–H and O–H groups in total. The molecule has 1 atom stereocenters. The van der Waals surface area contributed by atoms with Gasteiger partial charge in [-0.2, -0.15) is 4.31 Å². The largest absolute Gasteiger partial charge is 0.481 e. The maximum absolute atomic E-state index is 12.1. The van der Waals surface area contributed by atoms with Crippen LogP contribution in [0.3, 0.4) is 0 Å². The van der Waals surface area contributed by atoms with E-state index in [1.165, 1.54) is 0 Å². The van der Waals surface area contributed by atoms with Crippen LogP contribution in [-0.4, -0.2) is 46.9 Å². The van der Waals surface area contributed by atoms with E-state index in [2.05, 4.69) is 4.98 Å². The second-order valence-electron chi connectivity index (χ2n) is 4.12. The van der Waals surface area contributed by atoms with E-state index in [-0.39, 0.29) is 19.5 Å². The molecule has 0 aliphatic carbocycles. The molecule has 1 fully saturated rings. The molecular weight excluding hydrogens is 278 g/mol. The van der Waals surface area contributed by atoms with Crippen molar-refractivity contribution in [2.45, 2.75) is 11.3 Å². The highest BCUT2D eigenvalue weighted by atomic mass is 32.2. The molecule has 1 aliphatic heterocycles. The van der Waals surface area contributed by atoms with Gasteiger partial charge in [0.15, 0.2) is 4.90 Å². The van der Waals surface area contributed by atoms with Crippen molar-refractivity contribution in [2.75, 3.05) is 13.1 Å². The van der Waals surface area contributed by atoms with Gasteiger partial charge in [-0.05, 0) is 6.42 Å². The summed E-state index contributed by atoms with van der Waals surface area (Å²) < 4.78 is 25.2. The molecule has 0 bridgehead atoms. The second-order valence-corrected chi connectivity index (χ2v) is 6.03. The number of hydrogen-bond donors (Lipinski definition) is 3. The zero-order valence-electron chi connectivity index (χ0n) is 9.62. The zero-order valence-corrected chi connectivity index (χ0v) is 10.4. The quantitative estimate of drug-likeness (QED) is 0.597. The minimum absolute atomic E-state index is 0.0257. The first-order valence-corrected chi connectivity index (χ1v) is 6.81. The number of nitrogens with zero attached hydrogens (tertiary/aromatic N) is 1. The van der Waals surface area contributed by atoms with Gasteiger partial charge in [-0.25, -0.2) is 13.2 Å². The fourth-order valence-corrected chi connectivity index (χ4v) is 3.37. The van der Waals surface area contributed by atoms with Gasteiger partial charge >= 0.3 is 11.7 Å². The normalized spacial score (nSPS) is 20.5. The van der Waals surface area contributed by atoms with Crippen LogP contribution in [0.1, 0.15) is 6.42 Å². The Hall–Kier alpha value is -1.94. The van der Waals surface area contributed by atoms with Crippen molar-refractivity contribution in [3.8, 4) is 0 Å². The van der Waals surface area contributed by atoms with Crippen LogP contribution in [0.5, 0.6) is 0 Å². The number of aliphatic carboxylic acids is 1. The van der Waals surface area contributed by atoms with E-state index < -0.39 is 38.1 Å². The fraction of sp³-hybridized carbons (Fsp3) is 0.444. The Morgan fingerprint density at radius 2 is 2.11 bits per heavy atom. The summed E-state index contributed by atoms with van der Waals surface area (Å²) in [5, 5.41) is 8.82. The average molecular weight is 289 g/mol. The van der Waals surface area contributed by atoms with Crippen molar-refractivity contribution in [1.82, 2.24) is 14.3 Å². The summed E-state index contributed by atoms with van der Waals surface area (Å²) in [6, 6.07) is 0. The Morgan fingerprint density at radius 3 is 2.63 bits per heavy atom. The first-order valence-electron chi connectivity index (χ1n) is 5.37. The minimum atomic E-state index is -4.10. The first-order chi connectivity index (χ1) is 8.82. The average Bonchev–Trinajstić information content (AvgIpc) is 2.78. The molecule has 1 saturated heterocycles. The molecule has 9 nitrogen and oxygen atoms in total. The maximum Gasteiger partial charge on any atom is 0.325 e. The third-order valence-corrected chi connectivity index (χ3v) is 4.77. The van der Waals surface area contributed by atoms with E-state index in [0.717, 1.165) is 10.5 Å². The van der Waals surface area contributed by atoms with Crippen LogP contribution in [0, 0.1) is 5.92 Å². The van der Waals surface area contributed by atoms with Crippen LogP contribution in [0.4, 0.5) is 0 Å². The molecule has 2 rings (SSSR count). The standard InChI is InChI=1S/C9H11N3O6S/c13-7-6(3-10-9(16)11-7)19(17,18)12-2-1-5(4-12)8(14)15/h3,5H,1-2,4H2,(H,14,15)(H2,10,11,13,16). The molecule has 0 amide bonds. The molecule has 1 aromatic rings. The summed E-state index contributed by atoms with van der Waals surface area (Å²) in [6.45, 7) is -0.159. The number of aromatic nitrogens is 2. The second kappa shape index (κ2) is 4.63. The molecule has 10 heteroatoms. The summed E-state index contributed by atoms with van der Waals surface area (Å²) >= 11 is 0. The molecule has 0 radical (unpaired) electrons. The van der Waals surface area contributed by atoms with Crippen molar-refractivity contribution in [3.63, 3.8) is 0 Å². The molecule has 1 aromatic heterocycles. The monoisotopic (exact) mass is 289 g/mol. The van der Waals surface area contributed by atoms with Gasteiger partial charge in [0.05, 0.1) is 5.92 Å². The predicted molar refractivity (Wildman–Crippen MR) is 62.2 cm³/mol. The Kier molecular flexibility index (Phi) is 3.28. The van der Waals surface area contributed by atoms with E-state index in [9.17, 15) is 22.8 Å². The maximum atomic E-state index is 12.1. The van der Waals surface area contributed by atoms with Crippen LogP contribution >= 0.6 is 0 Å². The number of H-pyrrole nitrogens is 2. The minimum Gasteiger partial charge on any atom is -0.481 e. The molecule has 19 heavy (non-hydrogen) atoms. The lowest BCUT2D eigenvalue weighted by atomic mass is 10.1. The molecule has 104 valence electrons. The van der Waals surface area contributed by atoms with Crippen LogP contribution < -0.4 is 11.2 Å². The summed E-state index contributed by atoms with van der Waals surface area (Å²) in [7, 11) is -4.10. The molecule has 0 saturated carbocycles. The van der Waals surface area contributed by atoms with Gasteiger partial charge in [0.1, 0.15) is 0 Å². The molecule has 1 unspecified atom stereocenters. The van der Waals surface area contributed by atoms with E-state index in [1.54, 1.807) is 0 Å². The molecule has 1 aliphatic rings. The molecule has 2 heterocycles. The predicted octanol–water partition coefficient (Wildman–Crippen LogP) is -1.84. The third-order valence-electron chi connectivity index (χ3n) is 2.90. The fourth-order valence-electron chi connectivity index (χ4n) is 1.88. The topological polar surface area (TPSA) is 140 Å². The van der Waals surface area contributed by atoms with Crippen molar-refractivity contribution >= 4 is 16.0 Å². The van der Waals surface area contributed by atoms with Crippen molar-refractivity contribution < 1.29 is 18.3 Å². The Morgan fingerprint density at radius 1 is 1.42 bits per heavy atom. The number of aromatic amines is 2. The van der Waals surface area contributed by atoms with Crippen LogP contribution in [0.15, 0.2) is 20.7 Å².